The highest BCUT2D eigenvalue weighted by Crippen LogP contribution is 2.28. The normalized spacial score (nSPS) is 10.0. The van der Waals surface area contributed by atoms with E-state index >= 15 is 0 Å². The number of furan rings is 1. The molecule has 1 amide bonds. The van der Waals surface area contributed by atoms with Crippen LogP contribution in [0.1, 0.15) is 10.6 Å². The Balaban J connectivity index is 1.99. The average Bonchev–Trinajstić information content (AvgIpc) is 3.10. The third-order valence-corrected chi connectivity index (χ3v) is 2.98. The molecule has 26 heavy (non-hydrogen) atoms. The van der Waals surface area contributed by atoms with Gasteiger partial charge in [-0.1, -0.05) is 0 Å². The van der Waals surface area contributed by atoms with Crippen LogP contribution in [0.4, 0.5) is 17.3 Å². The number of esters is 1. The zero-order chi connectivity index (χ0) is 19.3. The molecular weight excluding hydrogens is 354 g/mol. The van der Waals surface area contributed by atoms with Gasteiger partial charge in [-0.25, -0.2) is 4.79 Å². The molecule has 2 aromatic rings. The first-order valence-corrected chi connectivity index (χ1v) is 6.85. The maximum atomic E-state index is 11.8. The predicted octanol–water partition coefficient (Wildman–Crippen LogP) is 1.90. The lowest BCUT2D eigenvalue weighted by molar-refractivity contribution is -0.402. The van der Waals surface area contributed by atoms with E-state index in [1.165, 1.54) is 19.2 Å². The van der Waals surface area contributed by atoms with Crippen LogP contribution in [0.15, 0.2) is 34.7 Å². The number of nitrogens with one attached hydrogen (secondary N) is 1. The van der Waals surface area contributed by atoms with Crippen molar-refractivity contribution in [1.29, 1.82) is 0 Å². The van der Waals surface area contributed by atoms with Gasteiger partial charge in [-0.3, -0.25) is 25.0 Å². The molecule has 0 saturated carbocycles. The van der Waals surface area contributed by atoms with E-state index in [1.807, 2.05) is 0 Å². The molecule has 0 aliphatic carbocycles. The molecule has 12 nitrogen and oxygen atoms in total. The molecule has 1 aromatic carbocycles. The Morgan fingerprint density at radius 2 is 1.88 bits per heavy atom. The Morgan fingerprint density at radius 3 is 2.46 bits per heavy atom. The number of hydrogen-bond donors (Lipinski definition) is 1. The van der Waals surface area contributed by atoms with E-state index < -0.39 is 45.7 Å². The Bertz CT molecular complexity index is 874. The molecule has 0 bridgehead atoms. The molecule has 0 atom stereocenters. The van der Waals surface area contributed by atoms with Crippen molar-refractivity contribution >= 4 is 29.1 Å². The zero-order valence-corrected chi connectivity index (χ0v) is 13.2. The van der Waals surface area contributed by atoms with Gasteiger partial charge in [0.05, 0.1) is 24.2 Å². The van der Waals surface area contributed by atoms with Crippen molar-refractivity contribution in [1.82, 2.24) is 0 Å². The van der Waals surface area contributed by atoms with Crippen LogP contribution in [0, 0.1) is 20.2 Å². The fraction of sp³-hybridized carbons (Fsp3) is 0.143. The van der Waals surface area contributed by atoms with Crippen molar-refractivity contribution in [3.8, 4) is 5.75 Å². The number of hydrogen-bond acceptors (Lipinski definition) is 9. The number of carbonyl (C=O) groups is 2. The highest BCUT2D eigenvalue weighted by Gasteiger charge is 2.21. The molecule has 0 spiro atoms. The summed E-state index contributed by atoms with van der Waals surface area (Å²) in [6.07, 6.45) is 0. The highest BCUT2D eigenvalue weighted by atomic mass is 16.7. The molecular formula is C14H11N3O9. The van der Waals surface area contributed by atoms with Crippen LogP contribution in [0.3, 0.4) is 0 Å². The summed E-state index contributed by atoms with van der Waals surface area (Å²) in [6.45, 7) is -0.781. The number of benzene rings is 1. The van der Waals surface area contributed by atoms with Gasteiger partial charge in [0.15, 0.2) is 6.61 Å². The van der Waals surface area contributed by atoms with Crippen LogP contribution in [-0.2, 0) is 9.53 Å². The van der Waals surface area contributed by atoms with Crippen molar-refractivity contribution in [2.24, 2.45) is 0 Å². The smallest absolute Gasteiger partial charge is 0.433 e. The van der Waals surface area contributed by atoms with E-state index in [0.717, 1.165) is 18.2 Å². The molecule has 0 aliphatic heterocycles. The van der Waals surface area contributed by atoms with Crippen molar-refractivity contribution in [3.63, 3.8) is 0 Å². The summed E-state index contributed by atoms with van der Waals surface area (Å²) in [5, 5.41) is 23.7. The summed E-state index contributed by atoms with van der Waals surface area (Å²) >= 11 is 0. The molecule has 1 aromatic heterocycles. The van der Waals surface area contributed by atoms with Crippen LogP contribution in [-0.4, -0.2) is 35.4 Å². The van der Waals surface area contributed by atoms with Gasteiger partial charge in [0, 0.05) is 0 Å². The fourth-order valence-electron chi connectivity index (χ4n) is 1.82. The van der Waals surface area contributed by atoms with Crippen molar-refractivity contribution in [3.05, 3.63) is 56.3 Å². The summed E-state index contributed by atoms with van der Waals surface area (Å²) in [6, 6.07) is 5.75. The van der Waals surface area contributed by atoms with Crippen molar-refractivity contribution in [2.75, 3.05) is 19.0 Å². The van der Waals surface area contributed by atoms with Gasteiger partial charge in [0.25, 0.3) is 11.6 Å². The number of nitrogens with zero attached hydrogens (tertiary/aromatic N) is 2. The second-order valence-electron chi connectivity index (χ2n) is 4.66. The first-order valence-electron chi connectivity index (χ1n) is 6.85. The second kappa shape index (κ2) is 7.74. The number of nitro groups is 2. The van der Waals surface area contributed by atoms with Crippen molar-refractivity contribution in [2.45, 2.75) is 0 Å². The third-order valence-electron chi connectivity index (χ3n) is 2.98. The molecule has 0 saturated heterocycles. The van der Waals surface area contributed by atoms with E-state index in [0.29, 0.717) is 0 Å². The van der Waals surface area contributed by atoms with E-state index in [9.17, 15) is 29.8 Å². The average molecular weight is 365 g/mol. The number of ether oxygens (including phenoxy) is 2. The standard InChI is InChI=1S/C14H11N3O9/c1-24-8-2-3-9(10(6-8)16(20)21)15-12(18)7-25-14(19)11-4-5-13(26-11)17(22)23/h2-6H,7H2,1H3,(H,15,18). The highest BCUT2D eigenvalue weighted by molar-refractivity contribution is 5.96. The van der Waals surface area contributed by atoms with Crippen LogP contribution in [0.25, 0.3) is 0 Å². The Hall–Kier alpha value is -3.96. The molecule has 0 fully saturated rings. The lowest BCUT2D eigenvalue weighted by atomic mass is 10.2. The molecule has 2 rings (SSSR count). The quantitative estimate of drug-likeness (QED) is 0.438. The maximum absolute atomic E-state index is 11.8. The van der Waals surface area contributed by atoms with Gasteiger partial charge in [-0.15, -0.1) is 0 Å². The first kappa shape index (κ1) is 18.4. The van der Waals surface area contributed by atoms with Crippen LogP contribution >= 0.6 is 0 Å². The third kappa shape index (κ3) is 4.31. The van der Waals surface area contributed by atoms with Crippen LogP contribution < -0.4 is 10.1 Å². The molecule has 136 valence electrons. The molecule has 1 N–H and O–H groups in total. The molecule has 1 heterocycles. The molecule has 0 unspecified atom stereocenters. The predicted molar refractivity (Wildman–Crippen MR) is 83.9 cm³/mol. The molecule has 12 heteroatoms. The Kier molecular flexibility index (Phi) is 5.47. The number of rotatable bonds is 7. The SMILES string of the molecule is COc1ccc(NC(=O)COC(=O)c2ccc([N+](=O)[O-])o2)c([N+](=O)[O-])c1. The number of anilines is 1. The van der Waals surface area contributed by atoms with Gasteiger partial charge in [-0.2, -0.15) is 0 Å². The summed E-state index contributed by atoms with van der Waals surface area (Å²) in [5.74, 6) is -2.85. The van der Waals surface area contributed by atoms with Crippen LogP contribution in [0.5, 0.6) is 5.75 Å². The topological polar surface area (TPSA) is 164 Å². The minimum Gasteiger partial charge on any atom is -0.496 e. The van der Waals surface area contributed by atoms with Gasteiger partial charge in [0.1, 0.15) is 16.4 Å². The fourth-order valence-corrected chi connectivity index (χ4v) is 1.82. The van der Waals surface area contributed by atoms with Gasteiger partial charge in [-0.05, 0) is 18.2 Å². The van der Waals surface area contributed by atoms with Gasteiger partial charge < -0.3 is 19.2 Å². The summed E-state index contributed by atoms with van der Waals surface area (Å²) in [5.41, 5.74) is -0.531. The first-order chi connectivity index (χ1) is 12.3. The van der Waals surface area contributed by atoms with E-state index in [-0.39, 0.29) is 11.4 Å². The minimum atomic E-state index is -1.10. The number of carbonyl (C=O) groups excluding carboxylic acids is 2. The number of nitro benzene ring substituents is 1. The zero-order valence-electron chi connectivity index (χ0n) is 13.2. The second-order valence-corrected chi connectivity index (χ2v) is 4.66. The maximum Gasteiger partial charge on any atom is 0.433 e. The Morgan fingerprint density at radius 1 is 1.15 bits per heavy atom. The largest absolute Gasteiger partial charge is 0.496 e. The number of amides is 1. The summed E-state index contributed by atoms with van der Waals surface area (Å²) < 4.78 is 14.1. The minimum absolute atomic E-state index is 0.120. The van der Waals surface area contributed by atoms with Crippen molar-refractivity contribution < 1.29 is 33.3 Å². The lowest BCUT2D eigenvalue weighted by Gasteiger charge is -2.07. The van der Waals surface area contributed by atoms with Gasteiger partial charge in [0.2, 0.25) is 5.76 Å². The van der Waals surface area contributed by atoms with E-state index in [2.05, 4.69) is 14.5 Å². The lowest BCUT2D eigenvalue weighted by Crippen LogP contribution is -2.21. The molecule has 0 radical (unpaired) electrons. The monoisotopic (exact) mass is 365 g/mol. The Labute approximate surface area is 144 Å². The van der Waals surface area contributed by atoms with E-state index in [4.69, 9.17) is 4.74 Å². The van der Waals surface area contributed by atoms with E-state index in [1.54, 1.807) is 0 Å². The summed E-state index contributed by atoms with van der Waals surface area (Å²) in [4.78, 5) is 43.4. The van der Waals surface area contributed by atoms with Crippen LogP contribution in [0.2, 0.25) is 0 Å². The van der Waals surface area contributed by atoms with Gasteiger partial charge >= 0.3 is 11.9 Å². The molecule has 0 aliphatic rings. The number of methoxy groups -OCH3 is 1. The summed E-state index contributed by atoms with van der Waals surface area (Å²) in [7, 11) is 1.33.